The minimum absolute atomic E-state index is 0. The summed E-state index contributed by atoms with van der Waals surface area (Å²) in [7, 11) is 3.53. The van der Waals surface area contributed by atoms with Gasteiger partial charge in [0.25, 0.3) is 0 Å². The van der Waals surface area contributed by atoms with E-state index in [0.29, 0.717) is 6.04 Å². The van der Waals surface area contributed by atoms with Crippen molar-refractivity contribution in [2.75, 3.05) is 39.5 Å². The van der Waals surface area contributed by atoms with Crippen molar-refractivity contribution < 1.29 is 4.79 Å². The van der Waals surface area contributed by atoms with Crippen LogP contribution in [0.3, 0.4) is 0 Å². The van der Waals surface area contributed by atoms with Crippen LogP contribution in [0.5, 0.6) is 0 Å². The van der Waals surface area contributed by atoms with Crippen LogP contribution >= 0.6 is 35.7 Å². The number of carbonyl (C=O) groups excluding carboxylic acids is 1. The van der Waals surface area contributed by atoms with Gasteiger partial charge in [0.1, 0.15) is 6.54 Å². The Hall–Kier alpha value is -0.180. The van der Waals surface area contributed by atoms with E-state index in [2.05, 4.69) is 42.9 Å². The van der Waals surface area contributed by atoms with E-state index < -0.39 is 0 Å². The normalized spacial score (nSPS) is 19.2. The molecule has 0 aromatic rings. The second-order valence-corrected chi connectivity index (χ2v) is 8.21. The molecule has 1 fully saturated rings. The SMILES string of the molecule is CCC(C)NC(=NCC(=O)N(C)C)N1CCSC(C)(C)C1.I. The summed E-state index contributed by atoms with van der Waals surface area (Å²) in [6, 6.07) is 0.357. The van der Waals surface area contributed by atoms with Crippen LogP contribution in [0.2, 0.25) is 0 Å². The first-order valence-corrected chi connectivity index (χ1v) is 8.63. The molecular formula is C15H31IN4OS. The number of thioether (sulfide) groups is 1. The van der Waals surface area contributed by atoms with Gasteiger partial charge in [-0.15, -0.1) is 24.0 Å². The Balaban J connectivity index is 0.00000441. The number of nitrogens with one attached hydrogen (secondary N) is 1. The van der Waals surface area contributed by atoms with Gasteiger partial charge in [-0.3, -0.25) is 4.79 Å². The highest BCUT2D eigenvalue weighted by Crippen LogP contribution is 2.29. The molecule has 5 nitrogen and oxygen atoms in total. The number of likely N-dealkylation sites (N-methyl/N-ethyl adjacent to an activating group) is 1. The van der Waals surface area contributed by atoms with Gasteiger partial charge in [0.2, 0.25) is 5.91 Å². The monoisotopic (exact) mass is 442 g/mol. The van der Waals surface area contributed by atoms with Crippen LogP contribution in [-0.2, 0) is 4.79 Å². The van der Waals surface area contributed by atoms with Crippen molar-refractivity contribution in [3.63, 3.8) is 0 Å². The smallest absolute Gasteiger partial charge is 0.243 e. The standard InChI is InChI=1S/C15H30N4OS.HI/c1-7-12(2)17-14(16-10-13(20)18(5)6)19-8-9-21-15(3,4)11-19;/h12H,7-11H2,1-6H3,(H,16,17);1H. The van der Waals surface area contributed by atoms with Crippen molar-refractivity contribution in [2.45, 2.75) is 44.9 Å². The van der Waals surface area contributed by atoms with E-state index in [4.69, 9.17) is 0 Å². The highest BCUT2D eigenvalue weighted by atomic mass is 127. The average molecular weight is 442 g/mol. The summed E-state index contributed by atoms with van der Waals surface area (Å²) in [6.45, 7) is 11.0. The lowest BCUT2D eigenvalue weighted by Crippen LogP contribution is -2.52. The molecule has 0 spiro atoms. The first-order chi connectivity index (χ1) is 9.75. The van der Waals surface area contributed by atoms with E-state index in [0.717, 1.165) is 31.2 Å². The third-order valence-electron chi connectivity index (χ3n) is 3.58. The van der Waals surface area contributed by atoms with Crippen molar-refractivity contribution in [3.05, 3.63) is 0 Å². The van der Waals surface area contributed by atoms with E-state index in [1.807, 2.05) is 11.8 Å². The van der Waals surface area contributed by atoms with Gasteiger partial charge < -0.3 is 15.1 Å². The first-order valence-electron chi connectivity index (χ1n) is 7.65. The summed E-state index contributed by atoms with van der Waals surface area (Å²) >= 11 is 2.00. The number of halogens is 1. The van der Waals surface area contributed by atoms with Gasteiger partial charge in [-0.1, -0.05) is 6.92 Å². The molecule has 7 heteroatoms. The van der Waals surface area contributed by atoms with Gasteiger partial charge in [-0.05, 0) is 27.2 Å². The van der Waals surface area contributed by atoms with Crippen molar-refractivity contribution in [2.24, 2.45) is 4.99 Å². The number of rotatable bonds is 4. The molecule has 0 bridgehead atoms. The summed E-state index contributed by atoms with van der Waals surface area (Å²) in [5, 5.41) is 3.46. The van der Waals surface area contributed by atoms with Crippen molar-refractivity contribution >= 4 is 47.6 Å². The predicted molar refractivity (Wildman–Crippen MR) is 107 cm³/mol. The summed E-state index contributed by atoms with van der Waals surface area (Å²) in [4.78, 5) is 20.2. The second kappa shape index (κ2) is 9.85. The lowest BCUT2D eigenvalue weighted by molar-refractivity contribution is -0.127. The first kappa shape index (κ1) is 21.8. The van der Waals surface area contributed by atoms with E-state index in [9.17, 15) is 4.79 Å². The quantitative estimate of drug-likeness (QED) is 0.412. The lowest BCUT2D eigenvalue weighted by Gasteiger charge is -2.40. The van der Waals surface area contributed by atoms with E-state index in [-0.39, 0.29) is 41.2 Å². The fourth-order valence-electron chi connectivity index (χ4n) is 2.04. The number of carbonyl (C=O) groups is 1. The molecular weight excluding hydrogens is 411 g/mol. The number of aliphatic imine (C=N–C) groups is 1. The summed E-state index contributed by atoms with van der Waals surface area (Å²) in [5.41, 5.74) is 0. The van der Waals surface area contributed by atoms with Gasteiger partial charge in [0.15, 0.2) is 5.96 Å². The summed E-state index contributed by atoms with van der Waals surface area (Å²) in [6.07, 6.45) is 1.03. The zero-order valence-electron chi connectivity index (χ0n) is 14.7. The molecule has 1 N–H and O–H groups in total. The number of nitrogens with zero attached hydrogens (tertiary/aromatic N) is 3. The third kappa shape index (κ3) is 7.39. The second-order valence-electron chi connectivity index (χ2n) is 6.41. The Morgan fingerprint density at radius 2 is 2.09 bits per heavy atom. The van der Waals surface area contributed by atoms with Gasteiger partial charge in [0.05, 0.1) is 0 Å². The van der Waals surface area contributed by atoms with Crippen LogP contribution in [0.25, 0.3) is 0 Å². The molecule has 22 heavy (non-hydrogen) atoms. The molecule has 1 rings (SSSR count). The Morgan fingerprint density at radius 3 is 2.59 bits per heavy atom. The van der Waals surface area contributed by atoms with E-state index >= 15 is 0 Å². The molecule has 1 saturated heterocycles. The summed E-state index contributed by atoms with van der Waals surface area (Å²) < 4.78 is 0.224. The van der Waals surface area contributed by atoms with Crippen LogP contribution in [0, 0.1) is 0 Å². The Morgan fingerprint density at radius 1 is 1.45 bits per heavy atom. The highest BCUT2D eigenvalue weighted by Gasteiger charge is 2.29. The molecule has 0 radical (unpaired) electrons. The maximum Gasteiger partial charge on any atom is 0.243 e. The lowest BCUT2D eigenvalue weighted by atomic mass is 10.2. The number of guanidine groups is 1. The topological polar surface area (TPSA) is 47.9 Å². The molecule has 0 aliphatic carbocycles. The van der Waals surface area contributed by atoms with Crippen LogP contribution in [0.4, 0.5) is 0 Å². The maximum absolute atomic E-state index is 11.8. The maximum atomic E-state index is 11.8. The van der Waals surface area contributed by atoms with Crippen molar-refractivity contribution in [3.8, 4) is 0 Å². The Bertz CT molecular complexity index is 388. The minimum Gasteiger partial charge on any atom is -0.354 e. The molecule has 1 heterocycles. The van der Waals surface area contributed by atoms with Crippen LogP contribution in [0.1, 0.15) is 34.1 Å². The zero-order valence-corrected chi connectivity index (χ0v) is 17.8. The van der Waals surface area contributed by atoms with Gasteiger partial charge in [-0.2, -0.15) is 11.8 Å². The molecule has 1 atom stereocenters. The molecule has 1 aliphatic rings. The highest BCUT2D eigenvalue weighted by molar-refractivity contribution is 14.0. The molecule has 130 valence electrons. The van der Waals surface area contributed by atoms with Crippen molar-refractivity contribution in [1.29, 1.82) is 0 Å². The Labute approximate surface area is 156 Å². The van der Waals surface area contributed by atoms with Gasteiger partial charge in [0, 0.05) is 43.7 Å². The third-order valence-corrected chi connectivity index (χ3v) is 4.87. The Kier molecular flexibility index (Phi) is 9.77. The van der Waals surface area contributed by atoms with Crippen LogP contribution < -0.4 is 5.32 Å². The number of hydrogen-bond donors (Lipinski definition) is 1. The number of hydrogen-bond acceptors (Lipinski definition) is 3. The molecule has 0 aromatic heterocycles. The van der Waals surface area contributed by atoms with E-state index in [1.165, 1.54) is 0 Å². The molecule has 1 amide bonds. The fourth-order valence-corrected chi connectivity index (χ4v) is 3.15. The van der Waals surface area contributed by atoms with Gasteiger partial charge in [-0.25, -0.2) is 4.99 Å². The van der Waals surface area contributed by atoms with Crippen LogP contribution in [0.15, 0.2) is 4.99 Å². The predicted octanol–water partition coefficient (Wildman–Crippen LogP) is 2.26. The summed E-state index contributed by atoms with van der Waals surface area (Å²) in [5.74, 6) is 1.99. The minimum atomic E-state index is 0. The molecule has 1 aliphatic heterocycles. The van der Waals surface area contributed by atoms with Crippen molar-refractivity contribution in [1.82, 2.24) is 15.1 Å². The number of amides is 1. The van der Waals surface area contributed by atoms with Gasteiger partial charge >= 0.3 is 0 Å². The largest absolute Gasteiger partial charge is 0.354 e. The van der Waals surface area contributed by atoms with E-state index in [1.54, 1.807) is 19.0 Å². The molecule has 0 saturated carbocycles. The molecule has 1 unspecified atom stereocenters. The average Bonchev–Trinajstić information content (AvgIpc) is 2.41. The molecule has 0 aromatic carbocycles. The fraction of sp³-hybridized carbons (Fsp3) is 0.867. The zero-order chi connectivity index (χ0) is 16.0. The van der Waals surface area contributed by atoms with Crippen LogP contribution in [-0.4, -0.2) is 71.9 Å².